The molecule has 0 saturated heterocycles. The number of fused-ring (bicyclic) bond motifs is 1. The molecule has 0 bridgehead atoms. The molecular weight excluding hydrogens is 314 g/mol. The van der Waals surface area contributed by atoms with Crippen LogP contribution in [0.15, 0.2) is 53.4 Å². The molecule has 2 aromatic rings. The number of hydrogen-bond acceptors (Lipinski definition) is 3. The normalized spacial score (nSPS) is 17.1. The molecule has 0 aliphatic carbocycles. The molecule has 1 heterocycles. The second-order valence-corrected chi connectivity index (χ2v) is 6.88. The molecule has 3 rings (SSSR count). The molecule has 1 aliphatic heterocycles. The van der Waals surface area contributed by atoms with Gasteiger partial charge < -0.3 is 9.84 Å². The van der Waals surface area contributed by atoms with Gasteiger partial charge in [0.2, 0.25) is 5.69 Å². The fourth-order valence-electron chi connectivity index (χ4n) is 2.39. The van der Waals surface area contributed by atoms with E-state index < -0.39 is 22.2 Å². The summed E-state index contributed by atoms with van der Waals surface area (Å²) in [5.74, 6) is 2.39. The molecule has 1 N–H and O–H groups in total. The highest BCUT2D eigenvalue weighted by molar-refractivity contribution is 7.85. The maximum atomic E-state index is 12.9. The van der Waals surface area contributed by atoms with Gasteiger partial charge >= 0.3 is 16.1 Å². The van der Waals surface area contributed by atoms with E-state index in [2.05, 4.69) is 5.92 Å². The summed E-state index contributed by atoms with van der Waals surface area (Å²) in [5.41, 5.74) is 1.71. The van der Waals surface area contributed by atoms with Gasteiger partial charge in [-0.25, -0.2) is 0 Å². The van der Waals surface area contributed by atoms with Gasteiger partial charge in [-0.3, -0.25) is 0 Å². The van der Waals surface area contributed by atoms with Gasteiger partial charge in [-0.2, -0.15) is 8.42 Å². The summed E-state index contributed by atoms with van der Waals surface area (Å²) < 4.78 is 31.7. The molecule has 23 heavy (non-hydrogen) atoms. The number of para-hydroxylation sites is 1. The summed E-state index contributed by atoms with van der Waals surface area (Å²) in [6.07, 6.45) is 3.80. The van der Waals surface area contributed by atoms with E-state index >= 15 is 0 Å². The summed E-state index contributed by atoms with van der Waals surface area (Å²) in [6.45, 7) is 1.86. The van der Waals surface area contributed by atoms with Crippen molar-refractivity contribution in [2.45, 2.75) is 17.9 Å². The molecule has 6 heteroatoms. The van der Waals surface area contributed by atoms with Crippen molar-refractivity contribution in [1.29, 1.82) is 0 Å². The number of sulfonamides is 1. The lowest BCUT2D eigenvalue weighted by molar-refractivity contribution is -0.305. The topological polar surface area (TPSA) is 66.6 Å². The van der Waals surface area contributed by atoms with E-state index in [9.17, 15) is 13.5 Å². The third-order valence-electron chi connectivity index (χ3n) is 3.55. The first kappa shape index (κ1) is 15.1. The number of benzene rings is 2. The Morgan fingerprint density at radius 3 is 2.48 bits per heavy atom. The standard InChI is InChI=1S/C17H13NO4S/c1-3-16-14-6-4-5-7-15(14)18(17(19)22-16)23(20,21)13-10-8-12(2)9-11-13/h1,4-11,16H,2H3/p+1. The largest absolute Gasteiger partial charge is 0.572 e. The number of aliphatic hydroxyl groups excluding tert-OH is 1. The Morgan fingerprint density at radius 2 is 1.83 bits per heavy atom. The van der Waals surface area contributed by atoms with E-state index in [-0.39, 0.29) is 10.6 Å². The first-order valence-electron chi connectivity index (χ1n) is 6.85. The molecule has 0 radical (unpaired) electrons. The van der Waals surface area contributed by atoms with E-state index in [1.54, 1.807) is 36.4 Å². The van der Waals surface area contributed by atoms with Crippen LogP contribution in [0.2, 0.25) is 0 Å². The Balaban J connectivity index is 2.23. The average molecular weight is 328 g/mol. The van der Waals surface area contributed by atoms with Crippen molar-refractivity contribution in [1.82, 2.24) is 0 Å². The number of nitrogens with zero attached hydrogens (tertiary/aromatic N) is 1. The molecule has 1 unspecified atom stereocenters. The molecule has 0 fully saturated rings. The van der Waals surface area contributed by atoms with Gasteiger partial charge in [0.15, 0.2) is 6.10 Å². The molecule has 0 spiro atoms. The number of hydrogen-bond donors (Lipinski definition) is 1. The van der Waals surface area contributed by atoms with Gasteiger partial charge in [-0.1, -0.05) is 35.7 Å². The third kappa shape index (κ3) is 2.45. The second kappa shape index (κ2) is 5.45. The van der Waals surface area contributed by atoms with Gasteiger partial charge in [0.05, 0.1) is 5.56 Å². The zero-order valence-electron chi connectivity index (χ0n) is 12.3. The molecule has 0 amide bonds. The number of aliphatic hydroxyl groups is 1. The number of terminal acetylenes is 1. The molecule has 2 aromatic carbocycles. The van der Waals surface area contributed by atoms with Gasteiger partial charge in [0.1, 0.15) is 4.90 Å². The number of rotatable bonds is 2. The smallest absolute Gasteiger partial charge is 0.429 e. The van der Waals surface area contributed by atoms with E-state index in [1.165, 1.54) is 12.1 Å². The highest BCUT2D eigenvalue weighted by Crippen LogP contribution is 2.34. The van der Waals surface area contributed by atoms with Crippen molar-refractivity contribution >= 4 is 21.8 Å². The lowest BCUT2D eigenvalue weighted by Crippen LogP contribution is -2.31. The average Bonchev–Trinajstić information content (AvgIpc) is 2.54. The summed E-state index contributed by atoms with van der Waals surface area (Å²) in [6, 6.07) is 13.0. The monoisotopic (exact) mass is 328 g/mol. The SMILES string of the molecule is C#CC1OC(O)=[N+](S(=O)(=O)c2ccc(C)cc2)c2ccccc21. The van der Waals surface area contributed by atoms with Crippen LogP contribution in [0.3, 0.4) is 0 Å². The second-order valence-electron chi connectivity index (χ2n) is 5.09. The van der Waals surface area contributed by atoms with Crippen molar-refractivity contribution in [3.05, 3.63) is 59.7 Å². The van der Waals surface area contributed by atoms with Crippen molar-refractivity contribution < 1.29 is 22.2 Å². The minimum atomic E-state index is -4.02. The molecular formula is C17H14NO4S+. The quantitative estimate of drug-likeness (QED) is 0.680. The van der Waals surface area contributed by atoms with Crippen molar-refractivity contribution in [2.24, 2.45) is 0 Å². The fourth-order valence-corrected chi connectivity index (χ4v) is 3.75. The van der Waals surface area contributed by atoms with Crippen LogP contribution in [0.4, 0.5) is 5.69 Å². The van der Waals surface area contributed by atoms with Gasteiger partial charge in [-0.15, -0.1) is 6.42 Å². The Hall–Kier alpha value is -2.78. The zero-order valence-corrected chi connectivity index (χ0v) is 13.1. The van der Waals surface area contributed by atoms with Crippen LogP contribution >= 0.6 is 0 Å². The first-order chi connectivity index (χ1) is 10.9. The fraction of sp³-hybridized carbons (Fsp3) is 0.118. The maximum absolute atomic E-state index is 12.9. The van der Waals surface area contributed by atoms with Crippen LogP contribution in [0, 0.1) is 19.3 Å². The Kier molecular flexibility index (Phi) is 3.58. The Labute approximate surface area is 134 Å². The zero-order chi connectivity index (χ0) is 16.6. The van der Waals surface area contributed by atoms with E-state index in [0.717, 1.165) is 9.54 Å². The Morgan fingerprint density at radius 1 is 1.17 bits per heavy atom. The molecule has 1 aliphatic rings. The maximum Gasteiger partial charge on any atom is 0.572 e. The van der Waals surface area contributed by atoms with Crippen molar-refractivity contribution in [3.63, 3.8) is 0 Å². The minimum Gasteiger partial charge on any atom is -0.429 e. The highest BCUT2D eigenvalue weighted by Gasteiger charge is 2.43. The van der Waals surface area contributed by atoms with Crippen LogP contribution in [-0.2, 0) is 14.8 Å². The summed E-state index contributed by atoms with van der Waals surface area (Å²) in [4.78, 5) is 0.0483. The van der Waals surface area contributed by atoms with Crippen LogP contribution in [-0.4, -0.2) is 23.6 Å². The van der Waals surface area contributed by atoms with E-state index in [1.807, 2.05) is 6.92 Å². The summed E-state index contributed by atoms with van der Waals surface area (Å²) >= 11 is 0. The molecule has 1 atom stereocenters. The third-order valence-corrected chi connectivity index (χ3v) is 5.25. The predicted octanol–water partition coefficient (Wildman–Crippen LogP) is 2.65. The molecule has 5 nitrogen and oxygen atoms in total. The first-order valence-corrected chi connectivity index (χ1v) is 8.29. The van der Waals surface area contributed by atoms with Crippen molar-refractivity contribution in [3.8, 4) is 12.3 Å². The Bertz CT molecular complexity index is 937. The lowest BCUT2D eigenvalue weighted by Gasteiger charge is -2.18. The summed E-state index contributed by atoms with van der Waals surface area (Å²) in [7, 11) is -4.02. The van der Waals surface area contributed by atoms with Crippen LogP contribution in [0.5, 0.6) is 0 Å². The van der Waals surface area contributed by atoms with Gasteiger partial charge in [0, 0.05) is 6.07 Å². The number of aryl methyl sites for hydroxylation is 1. The lowest BCUT2D eigenvalue weighted by atomic mass is 10.1. The van der Waals surface area contributed by atoms with E-state index in [0.29, 0.717) is 5.56 Å². The van der Waals surface area contributed by atoms with Gasteiger partial charge in [-0.05, 0) is 29.1 Å². The molecule has 0 saturated carbocycles. The van der Waals surface area contributed by atoms with Crippen molar-refractivity contribution in [2.75, 3.05) is 0 Å². The van der Waals surface area contributed by atoms with Crippen LogP contribution < -0.4 is 0 Å². The molecule has 116 valence electrons. The number of ether oxygens (including phenoxy) is 1. The van der Waals surface area contributed by atoms with Crippen LogP contribution in [0.1, 0.15) is 17.2 Å². The molecule has 0 aromatic heterocycles. The van der Waals surface area contributed by atoms with E-state index in [4.69, 9.17) is 11.2 Å². The van der Waals surface area contributed by atoms with Gasteiger partial charge in [0.25, 0.3) is 0 Å². The minimum absolute atomic E-state index is 0.0483. The highest BCUT2D eigenvalue weighted by atomic mass is 32.2. The predicted molar refractivity (Wildman–Crippen MR) is 85.0 cm³/mol. The summed E-state index contributed by atoms with van der Waals surface area (Å²) in [5, 5.41) is 10.1. The van der Waals surface area contributed by atoms with Crippen LogP contribution in [0.25, 0.3) is 0 Å².